The maximum Gasteiger partial charge on any atom is 0.408 e. The Morgan fingerprint density at radius 1 is 1.02 bits per heavy atom. The molecule has 58 heavy (non-hydrogen) atoms. The molecule has 14 nitrogen and oxygen atoms in total. The van der Waals surface area contributed by atoms with Gasteiger partial charge in [0.25, 0.3) is 5.91 Å². The summed E-state index contributed by atoms with van der Waals surface area (Å²) in [7, 11) is -4.14. The second-order valence-corrected chi connectivity index (χ2v) is 20.8. The monoisotopic (exact) mass is 848 g/mol. The molecule has 0 spiro atoms. The van der Waals surface area contributed by atoms with Crippen LogP contribution in [0.5, 0.6) is 5.88 Å². The number of sulfonamides is 1. The van der Waals surface area contributed by atoms with Gasteiger partial charge in [0.15, 0.2) is 0 Å². The lowest BCUT2D eigenvalue weighted by Crippen LogP contribution is -2.61. The zero-order valence-corrected chi connectivity index (χ0v) is 34.6. The van der Waals surface area contributed by atoms with Crippen LogP contribution in [0.25, 0.3) is 11.0 Å². The summed E-state index contributed by atoms with van der Waals surface area (Å²) in [4.78, 5) is 67.5. The molecule has 316 valence electrons. The Morgan fingerprint density at radius 3 is 2.47 bits per heavy atom. The van der Waals surface area contributed by atoms with E-state index in [-0.39, 0.29) is 24.4 Å². The molecule has 2 aromatic rings. The largest absolute Gasteiger partial charge is 0.471 e. The number of alkyl carbamates (subject to hydrolysis) is 1. The van der Waals surface area contributed by atoms with E-state index in [4.69, 9.17) is 31.0 Å². The van der Waals surface area contributed by atoms with E-state index < -0.39 is 92.9 Å². The number of hydrogen-bond donors (Lipinski definition) is 3. The van der Waals surface area contributed by atoms with Gasteiger partial charge in [-0.3, -0.25) is 19.1 Å². The van der Waals surface area contributed by atoms with Crippen LogP contribution in [-0.4, -0.2) is 95.2 Å². The first-order chi connectivity index (χ1) is 27.4. The van der Waals surface area contributed by atoms with Crippen LogP contribution in [0.15, 0.2) is 18.2 Å². The fourth-order valence-electron chi connectivity index (χ4n) is 9.49. The number of ether oxygens (including phenoxy) is 2. The molecule has 5 fully saturated rings. The second kappa shape index (κ2) is 15.0. The minimum absolute atomic E-state index is 0.183. The normalized spacial score (nSPS) is 34.1. The lowest BCUT2D eigenvalue weighted by molar-refractivity contribution is -0.143. The predicted molar refractivity (Wildman–Crippen MR) is 207 cm³/mol. The maximum atomic E-state index is 14.8. The number of fused-ring (bicyclic) bond motifs is 7. The first-order valence-corrected chi connectivity index (χ1v) is 22.4. The minimum atomic E-state index is -4.14. The van der Waals surface area contributed by atoms with E-state index in [0.717, 1.165) is 38.5 Å². The fourth-order valence-corrected chi connectivity index (χ4v) is 11.0. The number of hydrogen-bond acceptors (Lipinski definition) is 10. The Labute approximate surface area is 341 Å². The number of carbonyl (C=O) groups excluding carboxylic acids is 4. The lowest BCUT2D eigenvalue weighted by atomic mass is 9.85. The number of alkyl halides is 2. The lowest BCUT2D eigenvalue weighted by Gasteiger charge is -2.36. The smallest absolute Gasteiger partial charge is 0.408 e. The zero-order chi connectivity index (χ0) is 41.5. The summed E-state index contributed by atoms with van der Waals surface area (Å²) in [5.41, 5.74) is -1.45. The van der Waals surface area contributed by atoms with E-state index in [9.17, 15) is 36.4 Å². The van der Waals surface area contributed by atoms with Crippen molar-refractivity contribution < 1.29 is 45.9 Å². The molecule has 8 rings (SSSR count). The molecule has 3 N–H and O–H groups in total. The highest BCUT2D eigenvalue weighted by molar-refractivity contribution is 7.91. The average Bonchev–Trinajstić information content (AvgIpc) is 4.06. The molecule has 3 heterocycles. The van der Waals surface area contributed by atoms with Gasteiger partial charge in [-0.05, 0) is 92.7 Å². The number of nitrogens with one attached hydrogen (secondary N) is 3. The van der Waals surface area contributed by atoms with Crippen molar-refractivity contribution >= 4 is 56.5 Å². The molecule has 2 aliphatic heterocycles. The van der Waals surface area contributed by atoms with E-state index in [0.29, 0.717) is 52.8 Å². The molecule has 1 aromatic carbocycles. The van der Waals surface area contributed by atoms with Gasteiger partial charge < -0.3 is 25.0 Å². The molecule has 1 aromatic heterocycles. The van der Waals surface area contributed by atoms with Gasteiger partial charge in [0.1, 0.15) is 35.5 Å². The average molecular weight is 849 g/mol. The number of amides is 4. The van der Waals surface area contributed by atoms with Crippen LogP contribution in [0, 0.1) is 35.0 Å². The molecule has 4 saturated carbocycles. The van der Waals surface area contributed by atoms with Crippen molar-refractivity contribution in [2.45, 2.75) is 133 Å². The Morgan fingerprint density at radius 2 is 1.78 bits per heavy atom. The molecule has 0 radical (unpaired) electrons. The van der Waals surface area contributed by atoms with Crippen molar-refractivity contribution in [1.82, 2.24) is 30.2 Å². The van der Waals surface area contributed by atoms with Gasteiger partial charge in [-0.25, -0.2) is 32.0 Å². The molecular formula is C40H51ClF2N6O8S. The minimum Gasteiger partial charge on any atom is -0.471 e. The molecule has 4 amide bonds. The van der Waals surface area contributed by atoms with Crippen molar-refractivity contribution in [1.29, 1.82) is 0 Å². The van der Waals surface area contributed by atoms with Gasteiger partial charge in [0.05, 0.1) is 28.7 Å². The summed E-state index contributed by atoms with van der Waals surface area (Å²) in [6, 6.07) is 2.55. The first-order valence-electron chi connectivity index (χ1n) is 20.4. The van der Waals surface area contributed by atoms with E-state index in [1.165, 1.54) is 4.90 Å². The van der Waals surface area contributed by atoms with Crippen molar-refractivity contribution in [2.24, 2.45) is 35.0 Å². The van der Waals surface area contributed by atoms with Gasteiger partial charge >= 0.3 is 6.09 Å². The third kappa shape index (κ3) is 7.93. The highest BCUT2D eigenvalue weighted by Crippen LogP contribution is 2.58. The third-order valence-corrected chi connectivity index (χ3v) is 15.2. The summed E-state index contributed by atoms with van der Waals surface area (Å²) < 4.78 is 68.6. The Hall–Kier alpha value is -3.86. The molecule has 6 aliphatic rings. The van der Waals surface area contributed by atoms with Crippen molar-refractivity contribution in [3.63, 3.8) is 0 Å². The van der Waals surface area contributed by atoms with E-state index in [2.05, 4.69) is 10.6 Å². The molecule has 4 aliphatic carbocycles. The van der Waals surface area contributed by atoms with Crippen LogP contribution >= 0.6 is 11.6 Å². The highest BCUT2D eigenvalue weighted by atomic mass is 35.5. The Balaban J connectivity index is 1.15. The van der Waals surface area contributed by atoms with Crippen LogP contribution in [0.4, 0.5) is 13.6 Å². The number of carbonyl (C=O) groups is 4. The number of aryl methyl sites for hydroxylation is 1. The molecule has 1 unspecified atom stereocenters. The summed E-state index contributed by atoms with van der Waals surface area (Å²) >= 11 is 6.32. The molecule has 10 atom stereocenters. The fraction of sp³-hybridized carbons (Fsp3) is 0.700. The Kier molecular flexibility index (Phi) is 10.6. The summed E-state index contributed by atoms with van der Waals surface area (Å²) in [5.74, 6) is -3.91. The van der Waals surface area contributed by atoms with Gasteiger partial charge in [0.2, 0.25) is 34.1 Å². The quantitative estimate of drug-likeness (QED) is 0.361. The first kappa shape index (κ1) is 40.9. The number of halogens is 3. The maximum absolute atomic E-state index is 14.8. The predicted octanol–water partition coefficient (Wildman–Crippen LogP) is 4.91. The number of rotatable bonds is 6. The van der Waals surface area contributed by atoms with Gasteiger partial charge in [-0.15, -0.1) is 0 Å². The molecular weight excluding hydrogens is 798 g/mol. The van der Waals surface area contributed by atoms with Gasteiger partial charge in [0, 0.05) is 10.9 Å². The molecule has 1 saturated heterocycles. The Bertz CT molecular complexity index is 2120. The van der Waals surface area contributed by atoms with Crippen molar-refractivity contribution in [3.05, 3.63) is 28.9 Å². The number of benzene rings is 1. The van der Waals surface area contributed by atoms with E-state index in [1.54, 1.807) is 45.9 Å². The standard InChI is InChI=1S/C40H51ClF2N6O8S/c1-19-30-18-49(31(19)34(50)47-40(17-25(40)33(42)43)37(52)48-58(54,55)22-11-12-22)36(51)32(39(2,3)4)46-38(53)57-29-15-20-14-24(20)23(29)8-6-5-7-9-27-35(56-30)45-28-16-21(41)10-13-26(28)44-27/h10,13,16,19-20,22-25,29-33H,5-9,11-12,14-15,17-18H2,1-4H3,(H,46,53)(H,47,50)(H,48,52)/t19-,20?,23-,24+,25+,29-,30+,31+,32-,40-/m1/s1. The summed E-state index contributed by atoms with van der Waals surface area (Å²) in [6.45, 7) is 6.76. The van der Waals surface area contributed by atoms with Crippen LogP contribution < -0.4 is 20.1 Å². The van der Waals surface area contributed by atoms with E-state index in [1.807, 2.05) is 4.72 Å². The van der Waals surface area contributed by atoms with Crippen molar-refractivity contribution in [2.75, 3.05) is 6.54 Å². The number of nitrogens with zero attached hydrogens (tertiary/aromatic N) is 3. The highest BCUT2D eigenvalue weighted by Gasteiger charge is 2.67. The molecule has 18 heteroatoms. The molecule has 2 bridgehead atoms. The zero-order valence-electron chi connectivity index (χ0n) is 33.0. The summed E-state index contributed by atoms with van der Waals surface area (Å²) in [6.07, 6.45) is 1.05. The summed E-state index contributed by atoms with van der Waals surface area (Å²) in [5, 5.41) is 4.91. The van der Waals surface area contributed by atoms with Crippen LogP contribution in [0.3, 0.4) is 0 Å². The topological polar surface area (TPSA) is 186 Å². The number of aromatic nitrogens is 2. The third-order valence-electron chi connectivity index (χ3n) is 13.2. The second-order valence-electron chi connectivity index (χ2n) is 18.4. The van der Waals surface area contributed by atoms with Crippen molar-refractivity contribution in [3.8, 4) is 5.88 Å². The SMILES string of the molecule is C[C@@H]1[C@@H]2CN(C(=O)[C@H](C(C)(C)C)NC(=O)O[C@@H]3CC4C[C@@H]4[C@H]3CCCCCc3nc4ccc(Cl)cc4nc3O2)[C@@H]1C(=O)N[C@]1(C(=O)NS(=O)(=O)C2CC2)C[C@H]1C(F)F. The van der Waals surface area contributed by atoms with Crippen LogP contribution in [0.1, 0.15) is 91.2 Å². The van der Waals surface area contributed by atoms with Gasteiger partial charge in [-0.2, -0.15) is 0 Å². The van der Waals surface area contributed by atoms with Crippen LogP contribution in [-0.2, 0) is 35.6 Å². The van der Waals surface area contributed by atoms with E-state index >= 15 is 0 Å². The van der Waals surface area contributed by atoms with Crippen LogP contribution in [0.2, 0.25) is 5.02 Å². The van der Waals surface area contributed by atoms with Gasteiger partial charge in [-0.1, -0.05) is 52.1 Å².